The van der Waals surface area contributed by atoms with Gasteiger partial charge in [0, 0.05) is 48.8 Å². The van der Waals surface area contributed by atoms with E-state index in [4.69, 9.17) is 0 Å². The van der Waals surface area contributed by atoms with Crippen LogP contribution in [0.4, 0.5) is 13.6 Å². The van der Waals surface area contributed by atoms with Crippen molar-refractivity contribution < 1.29 is 41.2 Å². The number of para-hydroxylation sites is 2. The molecule has 4 aromatic rings. The van der Waals surface area contributed by atoms with Crippen LogP contribution in [0.5, 0.6) is 0 Å². The number of nitrogens with one attached hydrogen (secondary N) is 2. The molecule has 0 spiro atoms. The molecule has 2 aliphatic carbocycles. The number of pyridine rings is 1. The first kappa shape index (κ1) is 43.0. The first-order chi connectivity index (χ1) is 29.3. The van der Waals surface area contributed by atoms with Crippen molar-refractivity contribution in [2.45, 2.75) is 94.6 Å². The zero-order valence-electron chi connectivity index (χ0n) is 34.9. The number of rotatable bonds is 12. The molecule has 2 aliphatic heterocycles. The fourth-order valence-electron chi connectivity index (χ4n) is 9.04. The summed E-state index contributed by atoms with van der Waals surface area (Å²) in [4.78, 5) is 81.0. The molecule has 5 atom stereocenters. The van der Waals surface area contributed by atoms with Gasteiger partial charge in [-0.05, 0) is 55.4 Å². The standard InChI is InChI=1S/C45H51F2N7O7S/c1-5-28-24-45(28,41(58)50-62(60,61)31-17-18-31)49-39(56)37-22-30(26-53(37)40(57)34(43(2,3)4)23-38(55)51-21-19-44(46,47)27-51)52(25-29-12-10-11-20-48-29)42(59)54-35-15-8-6-13-32(35)33-14-7-9-16-36(33)54/h5-16,20,28,30-31,34,37H,1,17-19,21-27H2,2-4H3,(H,49,56)(H,50,58)/t28-,30-,34-,37+,45-/m1/s1. The van der Waals surface area contributed by atoms with E-state index in [0.29, 0.717) is 29.6 Å². The first-order valence-electron chi connectivity index (χ1n) is 21.0. The highest BCUT2D eigenvalue weighted by molar-refractivity contribution is 7.91. The average molecular weight is 872 g/mol. The lowest BCUT2D eigenvalue weighted by Gasteiger charge is -2.36. The molecule has 17 heteroatoms. The normalized spacial score (nSPS) is 23.9. The Morgan fingerprint density at radius 3 is 2.18 bits per heavy atom. The van der Waals surface area contributed by atoms with Gasteiger partial charge in [0.15, 0.2) is 0 Å². The van der Waals surface area contributed by atoms with Gasteiger partial charge in [-0.25, -0.2) is 22.0 Å². The summed E-state index contributed by atoms with van der Waals surface area (Å²) >= 11 is 0. The van der Waals surface area contributed by atoms with Crippen molar-refractivity contribution in [1.82, 2.24) is 34.3 Å². The van der Waals surface area contributed by atoms with Gasteiger partial charge in [-0.1, -0.05) is 69.3 Å². The third-order valence-electron chi connectivity index (χ3n) is 12.9. The van der Waals surface area contributed by atoms with Crippen molar-refractivity contribution in [2.24, 2.45) is 17.3 Å². The summed E-state index contributed by atoms with van der Waals surface area (Å²) in [6.07, 6.45) is 2.95. The van der Waals surface area contributed by atoms with E-state index in [9.17, 15) is 31.6 Å². The van der Waals surface area contributed by atoms with E-state index in [1.54, 1.807) is 54.6 Å². The van der Waals surface area contributed by atoms with Crippen LogP contribution in [0, 0.1) is 17.3 Å². The maximum absolute atomic E-state index is 15.2. The number of carbonyl (C=O) groups excluding carboxylic acids is 5. The predicted octanol–water partition coefficient (Wildman–Crippen LogP) is 5.22. The highest BCUT2D eigenvalue weighted by Gasteiger charge is 2.62. The van der Waals surface area contributed by atoms with Crippen LogP contribution < -0.4 is 10.0 Å². The highest BCUT2D eigenvalue weighted by Crippen LogP contribution is 2.46. The summed E-state index contributed by atoms with van der Waals surface area (Å²) < 4.78 is 58.0. The maximum Gasteiger partial charge on any atom is 0.329 e. The summed E-state index contributed by atoms with van der Waals surface area (Å²) in [5.74, 6) is -7.64. The second-order valence-corrected chi connectivity index (χ2v) is 20.2. The second kappa shape index (κ2) is 15.9. The van der Waals surface area contributed by atoms with E-state index in [-0.39, 0.29) is 32.5 Å². The quantitative estimate of drug-likeness (QED) is 0.183. The lowest BCUT2D eigenvalue weighted by atomic mass is 9.77. The zero-order chi connectivity index (χ0) is 44.4. The Kier molecular flexibility index (Phi) is 11.0. The van der Waals surface area contributed by atoms with Gasteiger partial charge in [-0.15, -0.1) is 6.58 Å². The molecule has 0 bridgehead atoms. The van der Waals surface area contributed by atoms with Crippen molar-refractivity contribution in [3.63, 3.8) is 0 Å². The molecule has 2 saturated carbocycles. The van der Waals surface area contributed by atoms with Gasteiger partial charge < -0.3 is 20.0 Å². The minimum absolute atomic E-state index is 0.0180. The van der Waals surface area contributed by atoms with Gasteiger partial charge in [-0.2, -0.15) is 0 Å². The molecule has 4 heterocycles. The van der Waals surface area contributed by atoms with E-state index >= 15 is 9.59 Å². The number of fused-ring (bicyclic) bond motifs is 3. The SMILES string of the molecule is C=C[C@@H]1C[C@]1(NC(=O)[C@@H]1C[C@@H](N(Cc2ccccn2)C(=O)n2c3ccccc3c3ccccc32)CN1C(=O)[C@@H](CC(=O)N1CCC(F)(F)C1)C(C)(C)C)C(=O)NS(=O)(=O)C1CC1. The highest BCUT2D eigenvalue weighted by atomic mass is 32.2. The fraction of sp³-hybridized carbons (Fsp3) is 0.467. The van der Waals surface area contributed by atoms with Crippen molar-refractivity contribution in [3.8, 4) is 0 Å². The Bertz CT molecular complexity index is 2520. The Balaban J connectivity index is 1.17. The second-order valence-electron chi connectivity index (χ2n) is 18.2. The Morgan fingerprint density at radius 2 is 1.63 bits per heavy atom. The molecule has 2 aromatic heterocycles. The molecule has 8 rings (SSSR count). The fourth-order valence-corrected chi connectivity index (χ4v) is 10.4. The van der Waals surface area contributed by atoms with Gasteiger partial charge in [0.2, 0.25) is 27.7 Å². The van der Waals surface area contributed by atoms with Crippen LogP contribution in [0.1, 0.15) is 65.0 Å². The largest absolute Gasteiger partial charge is 0.339 e. The van der Waals surface area contributed by atoms with Crippen LogP contribution >= 0.6 is 0 Å². The molecular formula is C45H51F2N7O7S. The minimum Gasteiger partial charge on any atom is -0.339 e. The number of carbonyl (C=O) groups is 5. The average Bonchev–Trinajstić information content (AvgIpc) is 4.10. The summed E-state index contributed by atoms with van der Waals surface area (Å²) in [6.45, 7) is 7.94. The van der Waals surface area contributed by atoms with Crippen LogP contribution in [0.15, 0.2) is 85.6 Å². The number of hydrogen-bond acceptors (Lipinski definition) is 8. The Morgan fingerprint density at radius 1 is 0.984 bits per heavy atom. The van der Waals surface area contributed by atoms with Crippen molar-refractivity contribution in [1.29, 1.82) is 0 Å². The third-order valence-corrected chi connectivity index (χ3v) is 14.7. The topological polar surface area (TPSA) is 171 Å². The van der Waals surface area contributed by atoms with Gasteiger partial charge in [-0.3, -0.25) is 33.5 Å². The number of halogens is 2. The van der Waals surface area contributed by atoms with Crippen molar-refractivity contribution in [3.05, 3.63) is 91.3 Å². The third kappa shape index (κ3) is 8.18. The number of aromatic nitrogens is 2. The molecule has 0 unspecified atom stereocenters. The Hall–Kier alpha value is -5.71. The van der Waals surface area contributed by atoms with Crippen LogP contribution in [0.25, 0.3) is 21.8 Å². The summed E-state index contributed by atoms with van der Waals surface area (Å²) in [5.41, 5.74) is -0.750. The van der Waals surface area contributed by atoms with Crippen LogP contribution in [0.3, 0.4) is 0 Å². The number of nitrogens with zero attached hydrogens (tertiary/aromatic N) is 5. The number of sulfonamides is 1. The minimum atomic E-state index is -3.99. The molecular weight excluding hydrogens is 821 g/mol. The molecule has 62 heavy (non-hydrogen) atoms. The lowest BCUT2D eigenvalue weighted by Crippen LogP contribution is -2.57. The molecule has 0 radical (unpaired) electrons. The monoisotopic (exact) mass is 871 g/mol. The zero-order valence-corrected chi connectivity index (χ0v) is 35.7. The number of hydrogen-bond donors (Lipinski definition) is 2. The summed E-state index contributed by atoms with van der Waals surface area (Å²) in [7, 11) is -3.99. The summed E-state index contributed by atoms with van der Waals surface area (Å²) in [6, 6.07) is 17.7. The molecule has 2 aromatic carbocycles. The van der Waals surface area contributed by atoms with Crippen LogP contribution in [0.2, 0.25) is 0 Å². The lowest BCUT2D eigenvalue weighted by molar-refractivity contribution is -0.148. The van der Waals surface area contributed by atoms with Crippen LogP contribution in [-0.4, -0.2) is 111 Å². The van der Waals surface area contributed by atoms with E-state index in [1.807, 2.05) is 48.5 Å². The van der Waals surface area contributed by atoms with Gasteiger partial charge >= 0.3 is 6.03 Å². The van der Waals surface area contributed by atoms with Gasteiger partial charge in [0.1, 0.15) is 11.6 Å². The van der Waals surface area contributed by atoms with E-state index < -0.39 is 105 Å². The molecule has 14 nitrogen and oxygen atoms in total. The Labute approximate surface area is 358 Å². The number of alkyl halides is 2. The van der Waals surface area contributed by atoms with E-state index in [1.165, 1.54) is 11.0 Å². The predicted molar refractivity (Wildman–Crippen MR) is 227 cm³/mol. The van der Waals surface area contributed by atoms with Crippen molar-refractivity contribution >= 4 is 61.5 Å². The number of benzene rings is 2. The first-order valence-corrected chi connectivity index (χ1v) is 22.5. The molecule has 2 saturated heterocycles. The summed E-state index contributed by atoms with van der Waals surface area (Å²) in [5, 5.41) is 3.79. The number of likely N-dealkylation sites (tertiary alicyclic amines) is 2. The molecule has 5 amide bonds. The van der Waals surface area contributed by atoms with Crippen LogP contribution in [-0.2, 0) is 35.7 Å². The van der Waals surface area contributed by atoms with Crippen molar-refractivity contribution in [2.75, 3.05) is 19.6 Å². The maximum atomic E-state index is 15.2. The van der Waals surface area contributed by atoms with Gasteiger partial charge in [0.05, 0.1) is 47.0 Å². The van der Waals surface area contributed by atoms with E-state index in [2.05, 4.69) is 21.6 Å². The van der Waals surface area contributed by atoms with Gasteiger partial charge in [0.25, 0.3) is 11.8 Å². The molecule has 4 aliphatic rings. The molecule has 4 fully saturated rings. The number of amides is 5. The molecule has 2 N–H and O–H groups in total. The molecule has 328 valence electrons. The van der Waals surface area contributed by atoms with E-state index in [0.717, 1.165) is 15.7 Å². The smallest absolute Gasteiger partial charge is 0.329 e.